The summed E-state index contributed by atoms with van der Waals surface area (Å²) in [5.41, 5.74) is 10.2. The number of hydrogen-bond acceptors (Lipinski definition) is 4. The number of carboxylic acids is 2. The lowest BCUT2D eigenvalue weighted by Gasteiger charge is -2.11. The summed E-state index contributed by atoms with van der Waals surface area (Å²) in [7, 11) is 0. The second-order valence-corrected chi connectivity index (χ2v) is 3.11. The van der Waals surface area contributed by atoms with Gasteiger partial charge < -0.3 is 21.7 Å². The number of aliphatic imine (C=N–C) groups is 1. The molecule has 0 aromatic heterocycles. The Kier molecular flexibility index (Phi) is 6.61. The summed E-state index contributed by atoms with van der Waals surface area (Å²) in [6.07, 6.45) is 0.723. The number of nitrogens with two attached hydrogens (primary N) is 2. The van der Waals surface area contributed by atoms with Crippen LogP contribution in [-0.4, -0.2) is 47.2 Å². The average molecular weight is 232 g/mol. The Balaban J connectivity index is 3.90. The monoisotopic (exact) mass is 232 g/mol. The van der Waals surface area contributed by atoms with Crippen LogP contribution in [0.15, 0.2) is 4.99 Å². The second kappa shape index (κ2) is 7.46. The molecule has 0 aromatic rings. The highest BCUT2D eigenvalue weighted by Gasteiger charge is 2.16. The lowest BCUT2D eigenvalue weighted by molar-refractivity contribution is -0.140. The molecule has 0 radical (unpaired) electrons. The van der Waals surface area contributed by atoms with Crippen LogP contribution in [-0.2, 0) is 9.59 Å². The first-order valence-corrected chi connectivity index (χ1v) is 4.67. The van der Waals surface area contributed by atoms with E-state index in [0.29, 0.717) is 13.0 Å². The van der Waals surface area contributed by atoms with Crippen LogP contribution < -0.4 is 16.8 Å². The number of aliphatic carboxylic acids is 2. The fourth-order valence-corrected chi connectivity index (χ4v) is 1.03. The van der Waals surface area contributed by atoms with Crippen molar-refractivity contribution in [3.05, 3.63) is 0 Å². The van der Waals surface area contributed by atoms with Crippen molar-refractivity contribution in [2.75, 3.05) is 13.1 Å². The van der Waals surface area contributed by atoms with Gasteiger partial charge in [-0.25, -0.2) is 0 Å². The van der Waals surface area contributed by atoms with Gasteiger partial charge in [-0.15, -0.1) is 0 Å². The maximum atomic E-state index is 10.7. The Bertz CT molecular complexity index is 275. The predicted octanol–water partition coefficient (Wildman–Crippen LogP) is -1.83. The van der Waals surface area contributed by atoms with E-state index < -0.39 is 18.0 Å². The summed E-state index contributed by atoms with van der Waals surface area (Å²) < 4.78 is 0. The number of guanidine groups is 1. The van der Waals surface area contributed by atoms with Crippen LogP contribution >= 0.6 is 0 Å². The van der Waals surface area contributed by atoms with Crippen molar-refractivity contribution in [2.24, 2.45) is 16.5 Å². The quantitative estimate of drug-likeness (QED) is 0.187. The smallest absolute Gasteiger partial charge is 0.320 e. The van der Waals surface area contributed by atoms with Gasteiger partial charge in [0.15, 0.2) is 5.96 Å². The van der Waals surface area contributed by atoms with Crippen molar-refractivity contribution in [2.45, 2.75) is 18.9 Å². The van der Waals surface area contributed by atoms with Crippen molar-refractivity contribution in [3.8, 4) is 0 Å². The number of nitrogens with one attached hydrogen (secondary N) is 1. The van der Waals surface area contributed by atoms with Gasteiger partial charge in [0.2, 0.25) is 0 Å². The average Bonchev–Trinajstić information content (AvgIpc) is 2.15. The van der Waals surface area contributed by atoms with E-state index in [0.717, 1.165) is 0 Å². The first-order chi connectivity index (χ1) is 7.43. The molecule has 7 N–H and O–H groups in total. The highest BCUT2D eigenvalue weighted by Crippen LogP contribution is 1.98. The van der Waals surface area contributed by atoms with Gasteiger partial charge in [0.05, 0.1) is 6.54 Å². The van der Waals surface area contributed by atoms with E-state index in [1.54, 1.807) is 0 Å². The molecule has 8 nitrogen and oxygen atoms in total. The molecule has 0 bridgehead atoms. The highest BCUT2D eigenvalue weighted by molar-refractivity contribution is 5.76. The van der Waals surface area contributed by atoms with E-state index in [9.17, 15) is 9.59 Å². The number of carboxylic acid groups (broad SMARTS) is 2. The SMILES string of the molecule is NC(N)=NCCC[C@H](NCC(=O)O)C(=O)O. The van der Waals surface area contributed by atoms with Gasteiger partial charge in [-0.3, -0.25) is 19.9 Å². The molecule has 0 amide bonds. The first kappa shape index (κ1) is 14.2. The molecule has 0 fully saturated rings. The molecule has 0 spiro atoms. The highest BCUT2D eigenvalue weighted by atomic mass is 16.4. The molecule has 0 saturated heterocycles. The molecule has 0 rings (SSSR count). The van der Waals surface area contributed by atoms with Crippen molar-refractivity contribution in [1.82, 2.24) is 5.32 Å². The van der Waals surface area contributed by atoms with Crippen LogP contribution in [0.1, 0.15) is 12.8 Å². The minimum atomic E-state index is -1.10. The van der Waals surface area contributed by atoms with Gasteiger partial charge >= 0.3 is 11.9 Å². The lowest BCUT2D eigenvalue weighted by Crippen LogP contribution is -2.39. The third-order valence-electron chi connectivity index (χ3n) is 1.74. The molecule has 8 heteroatoms. The first-order valence-electron chi connectivity index (χ1n) is 4.67. The van der Waals surface area contributed by atoms with E-state index in [-0.39, 0.29) is 18.9 Å². The second-order valence-electron chi connectivity index (χ2n) is 3.11. The molecule has 0 heterocycles. The van der Waals surface area contributed by atoms with Crippen LogP contribution in [0, 0.1) is 0 Å². The fourth-order valence-electron chi connectivity index (χ4n) is 1.03. The van der Waals surface area contributed by atoms with E-state index in [1.807, 2.05) is 0 Å². The molecule has 16 heavy (non-hydrogen) atoms. The largest absolute Gasteiger partial charge is 0.480 e. The molecule has 0 aliphatic carbocycles. The third-order valence-corrected chi connectivity index (χ3v) is 1.74. The van der Waals surface area contributed by atoms with Gasteiger partial charge in [0, 0.05) is 6.54 Å². The van der Waals surface area contributed by atoms with Crippen molar-refractivity contribution < 1.29 is 19.8 Å². The maximum absolute atomic E-state index is 10.7. The molecule has 0 saturated carbocycles. The minimum Gasteiger partial charge on any atom is -0.480 e. The van der Waals surface area contributed by atoms with Crippen molar-refractivity contribution in [3.63, 3.8) is 0 Å². The van der Waals surface area contributed by atoms with Crippen LogP contribution in [0.2, 0.25) is 0 Å². The zero-order valence-electron chi connectivity index (χ0n) is 8.72. The molecule has 0 aliphatic rings. The predicted molar refractivity (Wildman–Crippen MR) is 57.0 cm³/mol. The van der Waals surface area contributed by atoms with Gasteiger partial charge in [-0.05, 0) is 12.8 Å². The summed E-state index contributed by atoms with van der Waals surface area (Å²) >= 11 is 0. The summed E-state index contributed by atoms with van der Waals surface area (Å²) in [6.45, 7) is -0.0693. The van der Waals surface area contributed by atoms with Gasteiger partial charge in [0.25, 0.3) is 0 Å². The van der Waals surface area contributed by atoms with Crippen molar-refractivity contribution in [1.29, 1.82) is 0 Å². The Morgan fingerprint density at radius 3 is 2.38 bits per heavy atom. The zero-order chi connectivity index (χ0) is 12.6. The van der Waals surface area contributed by atoms with Crippen LogP contribution in [0.25, 0.3) is 0 Å². The minimum absolute atomic E-state index is 0.0506. The van der Waals surface area contributed by atoms with E-state index in [2.05, 4.69) is 10.3 Å². The Labute approximate surface area is 92.3 Å². The van der Waals surface area contributed by atoms with Crippen LogP contribution in [0.5, 0.6) is 0 Å². The molecular formula is C8H16N4O4. The molecule has 92 valence electrons. The van der Waals surface area contributed by atoms with Crippen LogP contribution in [0.3, 0.4) is 0 Å². The molecule has 0 aromatic carbocycles. The topological polar surface area (TPSA) is 151 Å². The number of nitrogens with zero attached hydrogens (tertiary/aromatic N) is 1. The van der Waals surface area contributed by atoms with Gasteiger partial charge in [-0.1, -0.05) is 0 Å². The number of carbonyl (C=O) groups is 2. The Morgan fingerprint density at radius 1 is 1.31 bits per heavy atom. The normalized spacial score (nSPS) is 11.8. The fraction of sp³-hybridized carbons (Fsp3) is 0.625. The summed E-state index contributed by atoms with van der Waals surface area (Å²) in [4.78, 5) is 24.6. The number of rotatable bonds is 8. The zero-order valence-corrected chi connectivity index (χ0v) is 8.72. The van der Waals surface area contributed by atoms with Crippen molar-refractivity contribution >= 4 is 17.9 Å². The van der Waals surface area contributed by atoms with Gasteiger partial charge in [0.1, 0.15) is 6.04 Å². The van der Waals surface area contributed by atoms with E-state index in [4.69, 9.17) is 21.7 Å². The maximum Gasteiger partial charge on any atom is 0.320 e. The summed E-state index contributed by atoms with van der Waals surface area (Å²) in [5.74, 6) is -2.24. The van der Waals surface area contributed by atoms with E-state index >= 15 is 0 Å². The molecule has 0 unspecified atom stereocenters. The Hall–Kier alpha value is -1.83. The molecule has 1 atom stereocenters. The third kappa shape index (κ3) is 7.56. The summed E-state index contributed by atoms with van der Waals surface area (Å²) in [6, 6.07) is -0.898. The molecule has 0 aliphatic heterocycles. The standard InChI is InChI=1S/C8H16N4O4/c9-8(10)11-3-1-2-5(7(15)16)12-4-6(13)14/h5,12H,1-4H2,(H,13,14)(H,15,16)(H4,9,10,11)/t5-/m0/s1. The summed E-state index contributed by atoms with van der Waals surface area (Å²) in [5, 5.41) is 19.5. The molecular weight excluding hydrogens is 216 g/mol. The number of hydrogen-bond donors (Lipinski definition) is 5. The van der Waals surface area contributed by atoms with E-state index in [1.165, 1.54) is 0 Å². The lowest BCUT2D eigenvalue weighted by atomic mass is 10.1. The van der Waals surface area contributed by atoms with Crippen LogP contribution in [0.4, 0.5) is 0 Å². The Morgan fingerprint density at radius 2 is 1.94 bits per heavy atom. The van der Waals surface area contributed by atoms with Gasteiger partial charge in [-0.2, -0.15) is 0 Å².